The van der Waals surface area contributed by atoms with Gasteiger partial charge < -0.3 is 0 Å². The lowest BCUT2D eigenvalue weighted by Gasteiger charge is -2.34. The maximum absolute atomic E-state index is 11.0. The molecule has 0 unspecified atom stereocenters. The summed E-state index contributed by atoms with van der Waals surface area (Å²) in [5, 5.41) is 0. The normalized spacial score (nSPS) is 19.9. The first-order chi connectivity index (χ1) is 10.2. The number of carbonyl (C=O) groups excluding carboxylic acids is 1. The first-order valence-electron chi connectivity index (χ1n) is 8.44. The van der Waals surface area contributed by atoms with Gasteiger partial charge in [0.15, 0.2) is 5.78 Å². The largest absolute Gasteiger partial charge is 0.295 e. The van der Waals surface area contributed by atoms with E-state index >= 15 is 0 Å². The molecule has 0 radical (unpaired) electrons. The molecular formula is C21H32O. The van der Waals surface area contributed by atoms with Crippen LogP contribution in [0.1, 0.15) is 73.6 Å². The van der Waals surface area contributed by atoms with Gasteiger partial charge in [0.1, 0.15) is 0 Å². The summed E-state index contributed by atoms with van der Waals surface area (Å²) in [6.07, 6.45) is 14.1. The topological polar surface area (TPSA) is 17.1 Å². The molecule has 1 aliphatic carbocycles. The molecule has 0 atom stereocenters. The fourth-order valence-corrected chi connectivity index (χ4v) is 3.37. The molecule has 22 heavy (non-hydrogen) atoms. The molecule has 122 valence electrons. The van der Waals surface area contributed by atoms with Crippen LogP contribution in [-0.2, 0) is 4.79 Å². The summed E-state index contributed by atoms with van der Waals surface area (Å²) in [5.74, 6) is 0.102. The van der Waals surface area contributed by atoms with Crippen molar-refractivity contribution in [1.82, 2.24) is 0 Å². The van der Waals surface area contributed by atoms with E-state index in [1.54, 1.807) is 24.1 Å². The average Bonchev–Trinajstić information content (AvgIpc) is 2.36. The van der Waals surface area contributed by atoms with Gasteiger partial charge in [0, 0.05) is 0 Å². The van der Waals surface area contributed by atoms with Crippen molar-refractivity contribution in [3.63, 3.8) is 0 Å². The molecule has 1 rings (SSSR count). The summed E-state index contributed by atoms with van der Waals surface area (Å²) in [5.41, 5.74) is 6.05. The zero-order chi connectivity index (χ0) is 16.8. The standard InChI is InChI=1S/C21H32O/c1-16(9-7-10-17(2)15-19(4)22)12-13-20-18(3)11-8-14-21(20,5)6/h7,9-10,15H,8,11-14H2,1-6H3/b10-7+,16-9+,17-15+. The van der Waals surface area contributed by atoms with Gasteiger partial charge in [-0.15, -0.1) is 0 Å². The second kappa shape index (κ2) is 8.31. The fraction of sp³-hybridized carbons (Fsp3) is 0.571. The molecular weight excluding hydrogens is 268 g/mol. The monoisotopic (exact) mass is 300 g/mol. The summed E-state index contributed by atoms with van der Waals surface area (Å²) < 4.78 is 0. The second-order valence-electron chi connectivity index (χ2n) is 7.37. The van der Waals surface area contributed by atoms with Crippen LogP contribution >= 0.6 is 0 Å². The van der Waals surface area contributed by atoms with Crippen molar-refractivity contribution < 1.29 is 4.79 Å². The number of rotatable bonds is 6. The zero-order valence-corrected chi connectivity index (χ0v) is 15.3. The van der Waals surface area contributed by atoms with E-state index in [0.717, 1.165) is 12.0 Å². The molecule has 0 bridgehead atoms. The Labute approximate surface area is 136 Å². The third-order valence-corrected chi connectivity index (χ3v) is 4.63. The fourth-order valence-electron chi connectivity index (χ4n) is 3.37. The lowest BCUT2D eigenvalue weighted by atomic mass is 9.71. The van der Waals surface area contributed by atoms with Gasteiger partial charge in [-0.2, -0.15) is 0 Å². The highest BCUT2D eigenvalue weighted by atomic mass is 16.1. The summed E-state index contributed by atoms with van der Waals surface area (Å²) in [6, 6.07) is 0. The number of hydrogen-bond acceptors (Lipinski definition) is 1. The molecule has 0 fully saturated rings. The molecule has 0 amide bonds. The predicted molar refractivity (Wildman–Crippen MR) is 96.9 cm³/mol. The van der Waals surface area contributed by atoms with Crippen LogP contribution in [-0.4, -0.2) is 5.78 Å². The molecule has 1 aliphatic rings. The van der Waals surface area contributed by atoms with Gasteiger partial charge in [0.2, 0.25) is 0 Å². The summed E-state index contributed by atoms with van der Waals surface area (Å²) in [7, 11) is 0. The van der Waals surface area contributed by atoms with Crippen LogP contribution in [0.3, 0.4) is 0 Å². The van der Waals surface area contributed by atoms with Crippen LogP contribution < -0.4 is 0 Å². The SMILES string of the molecule is CC(=O)/C=C(C)/C=C/C=C(\C)CCC1=C(C)CCCC1(C)C. The van der Waals surface area contributed by atoms with Gasteiger partial charge in [-0.1, -0.05) is 48.8 Å². The third-order valence-electron chi connectivity index (χ3n) is 4.63. The Bertz CT molecular complexity index is 524. The summed E-state index contributed by atoms with van der Waals surface area (Å²) in [4.78, 5) is 11.0. The average molecular weight is 300 g/mol. The lowest BCUT2D eigenvalue weighted by Crippen LogP contribution is -2.20. The van der Waals surface area contributed by atoms with Gasteiger partial charge in [-0.25, -0.2) is 0 Å². The van der Waals surface area contributed by atoms with Gasteiger partial charge in [0.25, 0.3) is 0 Å². The van der Waals surface area contributed by atoms with E-state index in [-0.39, 0.29) is 5.78 Å². The van der Waals surface area contributed by atoms with E-state index in [1.807, 2.05) is 13.0 Å². The molecule has 0 aliphatic heterocycles. The Hall–Kier alpha value is -1.37. The Kier molecular flexibility index (Phi) is 7.06. The maximum Gasteiger partial charge on any atom is 0.152 e. The molecule has 0 saturated carbocycles. The van der Waals surface area contributed by atoms with Crippen LogP contribution in [0.2, 0.25) is 0 Å². The van der Waals surface area contributed by atoms with Crippen LogP contribution in [0.15, 0.2) is 46.6 Å². The van der Waals surface area contributed by atoms with Gasteiger partial charge in [-0.3, -0.25) is 4.79 Å². The number of ketones is 1. The van der Waals surface area contributed by atoms with Crippen LogP contribution in [0.25, 0.3) is 0 Å². The van der Waals surface area contributed by atoms with Crippen LogP contribution in [0.5, 0.6) is 0 Å². The molecule has 1 nitrogen and oxygen atoms in total. The molecule has 0 spiro atoms. The van der Waals surface area contributed by atoms with Crippen molar-refractivity contribution >= 4 is 5.78 Å². The van der Waals surface area contributed by atoms with Crippen molar-refractivity contribution in [2.45, 2.75) is 73.6 Å². The van der Waals surface area contributed by atoms with Gasteiger partial charge in [0.05, 0.1) is 0 Å². The first kappa shape index (κ1) is 18.7. The van der Waals surface area contributed by atoms with E-state index < -0.39 is 0 Å². The Morgan fingerprint density at radius 2 is 1.91 bits per heavy atom. The Balaban J connectivity index is 2.62. The predicted octanol–water partition coefficient (Wildman–Crippen LogP) is 6.33. The van der Waals surface area contributed by atoms with Crippen molar-refractivity contribution in [3.05, 3.63) is 46.6 Å². The zero-order valence-electron chi connectivity index (χ0n) is 15.3. The molecule has 0 aromatic rings. The van der Waals surface area contributed by atoms with E-state index in [4.69, 9.17) is 0 Å². The quantitative estimate of drug-likeness (QED) is 0.318. The molecule has 0 aromatic heterocycles. The minimum Gasteiger partial charge on any atom is -0.295 e. The molecule has 0 saturated heterocycles. The molecule has 0 N–H and O–H groups in total. The second-order valence-corrected chi connectivity index (χ2v) is 7.37. The van der Waals surface area contributed by atoms with E-state index in [2.05, 4.69) is 39.8 Å². The van der Waals surface area contributed by atoms with Crippen molar-refractivity contribution in [3.8, 4) is 0 Å². The highest BCUT2D eigenvalue weighted by Gasteiger charge is 2.27. The summed E-state index contributed by atoms with van der Waals surface area (Å²) in [6.45, 7) is 12.8. The molecule has 1 heteroatoms. The van der Waals surface area contributed by atoms with E-state index in [0.29, 0.717) is 5.41 Å². The van der Waals surface area contributed by atoms with Gasteiger partial charge >= 0.3 is 0 Å². The Morgan fingerprint density at radius 1 is 1.23 bits per heavy atom. The van der Waals surface area contributed by atoms with Crippen LogP contribution in [0.4, 0.5) is 0 Å². The van der Waals surface area contributed by atoms with E-state index in [1.165, 1.54) is 31.3 Å². The third kappa shape index (κ3) is 6.17. The van der Waals surface area contributed by atoms with Crippen molar-refractivity contribution in [2.24, 2.45) is 5.41 Å². The highest BCUT2D eigenvalue weighted by Crippen LogP contribution is 2.42. The van der Waals surface area contributed by atoms with Crippen molar-refractivity contribution in [1.29, 1.82) is 0 Å². The lowest BCUT2D eigenvalue weighted by molar-refractivity contribution is -0.112. The Morgan fingerprint density at radius 3 is 2.50 bits per heavy atom. The highest BCUT2D eigenvalue weighted by molar-refractivity contribution is 5.88. The number of hydrogen-bond donors (Lipinski definition) is 0. The van der Waals surface area contributed by atoms with E-state index in [9.17, 15) is 4.79 Å². The van der Waals surface area contributed by atoms with Crippen LogP contribution in [0, 0.1) is 5.41 Å². The minimum absolute atomic E-state index is 0.102. The molecule has 0 heterocycles. The molecule has 0 aromatic carbocycles. The van der Waals surface area contributed by atoms with Gasteiger partial charge in [-0.05, 0) is 76.9 Å². The smallest absolute Gasteiger partial charge is 0.152 e. The number of allylic oxidation sites excluding steroid dienone is 8. The first-order valence-corrected chi connectivity index (χ1v) is 8.44. The van der Waals surface area contributed by atoms with Crippen molar-refractivity contribution in [2.75, 3.05) is 0 Å². The summed E-state index contributed by atoms with van der Waals surface area (Å²) >= 11 is 0. The minimum atomic E-state index is 0.102. The number of carbonyl (C=O) groups is 1. The maximum atomic E-state index is 11.0.